The summed E-state index contributed by atoms with van der Waals surface area (Å²) in [6, 6.07) is 3.70. The van der Waals surface area contributed by atoms with Crippen molar-refractivity contribution in [2.24, 2.45) is 5.92 Å². The number of β-amino-alcohol motifs (C(OH)–C–C–N with tert-alkyl or cyclic N) is 1. The van der Waals surface area contributed by atoms with Crippen LogP contribution in [-0.4, -0.2) is 35.1 Å². The summed E-state index contributed by atoms with van der Waals surface area (Å²) in [5, 5.41) is 9.75. The molecule has 1 aromatic heterocycles. The van der Waals surface area contributed by atoms with Crippen molar-refractivity contribution >= 4 is 33.2 Å². The van der Waals surface area contributed by atoms with Crippen molar-refractivity contribution < 1.29 is 9.90 Å². The predicted molar refractivity (Wildman–Crippen MR) is 67.7 cm³/mol. The summed E-state index contributed by atoms with van der Waals surface area (Å²) in [6.07, 6.45) is 0.487. The third kappa shape index (κ3) is 2.47. The maximum Gasteiger partial charge on any atom is 0.264 e. The summed E-state index contributed by atoms with van der Waals surface area (Å²) in [4.78, 5) is 14.5. The molecule has 5 heteroatoms. The highest BCUT2D eigenvalue weighted by Crippen LogP contribution is 2.25. The number of likely N-dealkylation sites (tertiary alicyclic amines) is 1. The van der Waals surface area contributed by atoms with Crippen molar-refractivity contribution in [3.63, 3.8) is 0 Å². The Balaban J connectivity index is 2.06. The molecule has 2 unspecified atom stereocenters. The van der Waals surface area contributed by atoms with Gasteiger partial charge in [0.25, 0.3) is 5.91 Å². The summed E-state index contributed by atoms with van der Waals surface area (Å²) >= 11 is 4.78. The number of aliphatic hydroxyl groups is 1. The smallest absolute Gasteiger partial charge is 0.264 e. The fourth-order valence-corrected chi connectivity index (χ4v) is 3.17. The van der Waals surface area contributed by atoms with E-state index in [4.69, 9.17) is 0 Å². The Labute approximate surface area is 107 Å². The molecule has 1 N–H and O–H groups in total. The summed E-state index contributed by atoms with van der Waals surface area (Å²) in [5.74, 6) is 0.320. The number of amides is 1. The molecular weight excluding hydrogens is 290 g/mol. The Hall–Kier alpha value is -0.390. The van der Waals surface area contributed by atoms with Crippen molar-refractivity contribution in [3.05, 3.63) is 20.8 Å². The van der Waals surface area contributed by atoms with Gasteiger partial charge < -0.3 is 10.0 Å². The average Bonchev–Trinajstić information content (AvgIpc) is 2.68. The first-order valence-corrected chi connectivity index (χ1v) is 6.91. The van der Waals surface area contributed by atoms with Gasteiger partial charge in [-0.15, -0.1) is 11.3 Å². The van der Waals surface area contributed by atoms with Gasteiger partial charge in [0.2, 0.25) is 0 Å². The van der Waals surface area contributed by atoms with Gasteiger partial charge in [0, 0.05) is 13.1 Å². The Morgan fingerprint density at radius 2 is 2.38 bits per heavy atom. The second kappa shape index (κ2) is 4.85. The molecular formula is C11H14BrNO2S. The number of carbonyl (C=O) groups excluding carboxylic acids is 1. The summed E-state index contributed by atoms with van der Waals surface area (Å²) < 4.78 is 0.960. The van der Waals surface area contributed by atoms with E-state index in [-0.39, 0.29) is 12.0 Å². The largest absolute Gasteiger partial charge is 0.391 e. The van der Waals surface area contributed by atoms with Crippen LogP contribution in [0, 0.1) is 5.92 Å². The number of aliphatic hydroxyl groups excluding tert-OH is 1. The lowest BCUT2D eigenvalue weighted by Gasteiger charge is -2.34. The van der Waals surface area contributed by atoms with E-state index in [1.54, 1.807) is 4.90 Å². The quantitative estimate of drug-likeness (QED) is 0.865. The number of nitrogens with zero attached hydrogens (tertiary/aromatic N) is 1. The van der Waals surface area contributed by atoms with E-state index in [0.29, 0.717) is 12.5 Å². The topological polar surface area (TPSA) is 40.5 Å². The van der Waals surface area contributed by atoms with E-state index >= 15 is 0 Å². The number of rotatable bonds is 1. The summed E-state index contributed by atoms with van der Waals surface area (Å²) in [7, 11) is 0. The Morgan fingerprint density at radius 1 is 1.62 bits per heavy atom. The lowest BCUT2D eigenvalue weighted by Crippen LogP contribution is -2.45. The maximum atomic E-state index is 12.1. The van der Waals surface area contributed by atoms with E-state index in [0.717, 1.165) is 21.6 Å². The molecule has 0 bridgehead atoms. The van der Waals surface area contributed by atoms with Crippen molar-refractivity contribution in [2.45, 2.75) is 19.4 Å². The Bertz CT molecular complexity index is 393. The molecule has 1 fully saturated rings. The Kier molecular flexibility index (Phi) is 3.66. The molecule has 1 aromatic rings. The van der Waals surface area contributed by atoms with Gasteiger partial charge in [0.05, 0.1) is 14.8 Å². The molecule has 1 aliphatic rings. The van der Waals surface area contributed by atoms with Gasteiger partial charge >= 0.3 is 0 Å². The number of hydrogen-bond donors (Lipinski definition) is 1. The van der Waals surface area contributed by atoms with Crippen LogP contribution in [0.5, 0.6) is 0 Å². The van der Waals surface area contributed by atoms with Crippen molar-refractivity contribution in [1.82, 2.24) is 4.90 Å². The summed E-state index contributed by atoms with van der Waals surface area (Å²) in [6.45, 7) is 3.22. The molecule has 2 heterocycles. The molecule has 0 saturated carbocycles. The van der Waals surface area contributed by atoms with Crippen LogP contribution in [-0.2, 0) is 0 Å². The van der Waals surface area contributed by atoms with Gasteiger partial charge in [-0.1, -0.05) is 6.92 Å². The lowest BCUT2D eigenvalue weighted by atomic mass is 9.96. The molecule has 2 atom stereocenters. The first-order valence-electron chi connectivity index (χ1n) is 5.30. The van der Waals surface area contributed by atoms with Gasteiger partial charge in [-0.05, 0) is 40.4 Å². The van der Waals surface area contributed by atoms with Crippen LogP contribution in [0.1, 0.15) is 23.0 Å². The van der Waals surface area contributed by atoms with Crippen LogP contribution in [0.15, 0.2) is 15.9 Å². The van der Waals surface area contributed by atoms with E-state index in [1.807, 2.05) is 19.1 Å². The molecule has 0 radical (unpaired) electrons. The first-order chi connectivity index (χ1) is 7.58. The minimum absolute atomic E-state index is 0.0293. The Morgan fingerprint density at radius 3 is 2.94 bits per heavy atom. The standard InChI is InChI=1S/C11H14BrNO2S/c1-7-4-5-13(6-8(7)14)11(15)9-2-3-10(12)16-9/h2-3,7-8,14H,4-6H2,1H3. The van der Waals surface area contributed by atoms with Crippen molar-refractivity contribution in [2.75, 3.05) is 13.1 Å². The number of piperidine rings is 1. The molecule has 0 spiro atoms. The zero-order valence-electron chi connectivity index (χ0n) is 9.02. The first kappa shape index (κ1) is 12.1. The molecule has 3 nitrogen and oxygen atoms in total. The molecule has 1 aliphatic heterocycles. The SMILES string of the molecule is CC1CCN(C(=O)c2ccc(Br)s2)CC1O. The van der Waals surface area contributed by atoms with Crippen LogP contribution in [0.4, 0.5) is 0 Å². The maximum absolute atomic E-state index is 12.1. The van der Waals surface area contributed by atoms with E-state index in [9.17, 15) is 9.90 Å². The molecule has 16 heavy (non-hydrogen) atoms. The average molecular weight is 304 g/mol. The van der Waals surface area contributed by atoms with Gasteiger partial charge in [-0.3, -0.25) is 4.79 Å². The molecule has 0 aliphatic carbocycles. The number of carbonyl (C=O) groups is 1. The third-order valence-corrected chi connectivity index (χ3v) is 4.60. The van der Waals surface area contributed by atoms with Gasteiger partial charge in [-0.25, -0.2) is 0 Å². The van der Waals surface area contributed by atoms with E-state index < -0.39 is 0 Å². The van der Waals surface area contributed by atoms with Crippen LogP contribution in [0.2, 0.25) is 0 Å². The molecule has 88 valence electrons. The number of hydrogen-bond acceptors (Lipinski definition) is 3. The second-order valence-electron chi connectivity index (χ2n) is 4.19. The zero-order valence-corrected chi connectivity index (χ0v) is 11.4. The molecule has 1 saturated heterocycles. The lowest BCUT2D eigenvalue weighted by molar-refractivity contribution is 0.0251. The number of thiophene rings is 1. The summed E-state index contributed by atoms with van der Waals surface area (Å²) in [5.41, 5.74) is 0. The minimum Gasteiger partial charge on any atom is -0.391 e. The van der Waals surface area contributed by atoms with Gasteiger partial charge in [0.15, 0.2) is 0 Å². The van der Waals surface area contributed by atoms with Crippen LogP contribution in [0.25, 0.3) is 0 Å². The monoisotopic (exact) mass is 303 g/mol. The zero-order chi connectivity index (χ0) is 11.7. The molecule has 0 aromatic carbocycles. The molecule has 2 rings (SSSR count). The molecule has 1 amide bonds. The highest BCUT2D eigenvalue weighted by Gasteiger charge is 2.28. The van der Waals surface area contributed by atoms with Gasteiger partial charge in [-0.2, -0.15) is 0 Å². The van der Waals surface area contributed by atoms with E-state index in [2.05, 4.69) is 15.9 Å². The fraction of sp³-hybridized carbons (Fsp3) is 0.545. The highest BCUT2D eigenvalue weighted by atomic mass is 79.9. The van der Waals surface area contributed by atoms with E-state index in [1.165, 1.54) is 11.3 Å². The predicted octanol–water partition coefficient (Wildman–Crippen LogP) is 2.35. The van der Waals surface area contributed by atoms with Gasteiger partial charge in [0.1, 0.15) is 0 Å². The van der Waals surface area contributed by atoms with Crippen molar-refractivity contribution in [3.8, 4) is 0 Å². The van der Waals surface area contributed by atoms with Crippen LogP contribution >= 0.6 is 27.3 Å². The second-order valence-corrected chi connectivity index (χ2v) is 6.65. The normalized spacial score (nSPS) is 25.8. The van der Waals surface area contributed by atoms with Crippen LogP contribution in [0.3, 0.4) is 0 Å². The third-order valence-electron chi connectivity index (χ3n) is 2.99. The van der Waals surface area contributed by atoms with Crippen LogP contribution < -0.4 is 0 Å². The fourth-order valence-electron chi connectivity index (χ4n) is 1.82. The number of halogens is 1. The minimum atomic E-state index is -0.388. The van der Waals surface area contributed by atoms with Crippen molar-refractivity contribution in [1.29, 1.82) is 0 Å². The highest BCUT2D eigenvalue weighted by molar-refractivity contribution is 9.11.